The number of thioether (sulfide) groups is 1. The lowest BCUT2D eigenvalue weighted by atomic mass is 10.1. The first kappa shape index (κ1) is 20.3. The predicted molar refractivity (Wildman–Crippen MR) is 120 cm³/mol. The summed E-state index contributed by atoms with van der Waals surface area (Å²) in [5.74, 6) is 0.825. The van der Waals surface area contributed by atoms with Gasteiger partial charge in [-0.05, 0) is 29.8 Å². The first-order valence-electron chi connectivity index (χ1n) is 9.41. The van der Waals surface area contributed by atoms with Crippen molar-refractivity contribution in [2.24, 2.45) is 5.73 Å². The zero-order chi connectivity index (χ0) is 20.9. The van der Waals surface area contributed by atoms with Gasteiger partial charge >= 0.3 is 0 Å². The Labute approximate surface area is 182 Å². The maximum Gasteiger partial charge on any atom is 0.251 e. The molecule has 30 heavy (non-hydrogen) atoms. The molecule has 0 fully saturated rings. The van der Waals surface area contributed by atoms with Gasteiger partial charge in [-0.25, -0.2) is 0 Å². The molecule has 2 amide bonds. The van der Waals surface area contributed by atoms with Crippen LogP contribution < -0.4 is 20.5 Å². The highest BCUT2D eigenvalue weighted by Crippen LogP contribution is 2.36. The number of ether oxygens (including phenoxy) is 2. The van der Waals surface area contributed by atoms with Gasteiger partial charge in [-0.2, -0.15) is 0 Å². The Morgan fingerprint density at radius 1 is 1.03 bits per heavy atom. The standard InChI is InChI=1S/C22H20N2O4S2/c23-21(26)16-12-19(14-5-2-1-3-6-14)30-22(16)24-20(25)13-29-15-7-8-17-18(11-15)28-10-4-9-27-17/h1-3,5-8,11-12H,4,9-10,13H2,(H2,23,26)(H,24,25). The van der Waals surface area contributed by atoms with Crippen molar-refractivity contribution in [3.8, 4) is 21.9 Å². The van der Waals surface area contributed by atoms with Gasteiger partial charge in [0.15, 0.2) is 11.5 Å². The van der Waals surface area contributed by atoms with E-state index in [4.69, 9.17) is 15.2 Å². The molecule has 1 aliphatic rings. The van der Waals surface area contributed by atoms with Crippen LogP contribution in [0.25, 0.3) is 10.4 Å². The monoisotopic (exact) mass is 440 g/mol. The molecule has 4 rings (SSSR count). The molecular weight excluding hydrogens is 420 g/mol. The fourth-order valence-electron chi connectivity index (χ4n) is 2.96. The summed E-state index contributed by atoms with van der Waals surface area (Å²) in [6, 6.07) is 17.0. The third kappa shape index (κ3) is 4.77. The molecule has 0 spiro atoms. The van der Waals surface area contributed by atoms with Gasteiger partial charge in [0.2, 0.25) is 5.91 Å². The van der Waals surface area contributed by atoms with Gasteiger partial charge < -0.3 is 20.5 Å². The van der Waals surface area contributed by atoms with Crippen molar-refractivity contribution >= 4 is 39.9 Å². The third-order valence-corrected chi connectivity index (χ3v) is 6.49. The van der Waals surface area contributed by atoms with Crippen LogP contribution in [0.4, 0.5) is 5.00 Å². The number of amides is 2. The van der Waals surface area contributed by atoms with Crippen LogP contribution in [0.2, 0.25) is 0 Å². The van der Waals surface area contributed by atoms with Gasteiger partial charge in [-0.3, -0.25) is 9.59 Å². The molecule has 154 valence electrons. The van der Waals surface area contributed by atoms with Gasteiger partial charge in [0.25, 0.3) is 5.91 Å². The van der Waals surface area contributed by atoms with Crippen LogP contribution in [0.3, 0.4) is 0 Å². The summed E-state index contributed by atoms with van der Waals surface area (Å²) in [6.45, 7) is 1.25. The number of fused-ring (bicyclic) bond motifs is 1. The highest BCUT2D eigenvalue weighted by atomic mass is 32.2. The van der Waals surface area contributed by atoms with Crippen LogP contribution in [0, 0.1) is 0 Å². The van der Waals surface area contributed by atoms with E-state index in [1.807, 2.05) is 48.5 Å². The summed E-state index contributed by atoms with van der Waals surface area (Å²) in [5, 5.41) is 3.29. The molecule has 0 unspecified atom stereocenters. The van der Waals surface area contributed by atoms with E-state index in [0.717, 1.165) is 27.5 Å². The maximum atomic E-state index is 12.5. The molecule has 2 aromatic carbocycles. The minimum absolute atomic E-state index is 0.191. The van der Waals surface area contributed by atoms with Crippen LogP contribution >= 0.6 is 23.1 Å². The number of thiophene rings is 1. The summed E-state index contributed by atoms with van der Waals surface area (Å²) in [6.07, 6.45) is 0.841. The van der Waals surface area contributed by atoms with Crippen molar-refractivity contribution < 1.29 is 19.1 Å². The Hall–Kier alpha value is -2.97. The molecule has 3 N–H and O–H groups in total. The number of anilines is 1. The molecule has 6 nitrogen and oxygen atoms in total. The summed E-state index contributed by atoms with van der Waals surface area (Å²) in [5.41, 5.74) is 6.79. The quantitative estimate of drug-likeness (QED) is 0.554. The molecule has 2 heterocycles. The fourth-order valence-corrected chi connectivity index (χ4v) is 4.77. The van der Waals surface area contributed by atoms with Gasteiger partial charge in [-0.1, -0.05) is 30.3 Å². The lowest BCUT2D eigenvalue weighted by Gasteiger charge is -2.09. The summed E-state index contributed by atoms with van der Waals surface area (Å²) >= 11 is 2.72. The van der Waals surface area contributed by atoms with Gasteiger partial charge in [0.1, 0.15) is 5.00 Å². The van der Waals surface area contributed by atoms with E-state index >= 15 is 0 Å². The molecule has 0 bridgehead atoms. The molecule has 1 aliphatic heterocycles. The highest BCUT2D eigenvalue weighted by molar-refractivity contribution is 8.00. The maximum absolute atomic E-state index is 12.5. The molecule has 0 saturated heterocycles. The Kier molecular flexibility index (Phi) is 6.25. The van der Waals surface area contributed by atoms with Crippen molar-refractivity contribution in [1.29, 1.82) is 0 Å². The van der Waals surface area contributed by atoms with Crippen LogP contribution in [0.5, 0.6) is 11.5 Å². The summed E-state index contributed by atoms with van der Waals surface area (Å²) in [7, 11) is 0. The number of nitrogens with two attached hydrogens (primary N) is 1. The fraction of sp³-hybridized carbons (Fsp3) is 0.182. The van der Waals surface area contributed by atoms with Gasteiger partial charge in [0, 0.05) is 16.2 Å². The normalized spacial score (nSPS) is 12.8. The van der Waals surface area contributed by atoms with E-state index in [1.54, 1.807) is 6.07 Å². The van der Waals surface area contributed by atoms with E-state index in [-0.39, 0.29) is 11.7 Å². The number of carbonyl (C=O) groups is 2. The average Bonchev–Trinajstić information content (AvgIpc) is 3.03. The number of hydrogen-bond donors (Lipinski definition) is 2. The van der Waals surface area contributed by atoms with Crippen molar-refractivity contribution in [2.75, 3.05) is 24.3 Å². The van der Waals surface area contributed by atoms with Crippen LogP contribution in [-0.2, 0) is 4.79 Å². The van der Waals surface area contributed by atoms with Crippen LogP contribution in [0.1, 0.15) is 16.8 Å². The predicted octanol–water partition coefficient (Wildman–Crippen LogP) is 4.41. The van der Waals surface area contributed by atoms with Gasteiger partial charge in [-0.15, -0.1) is 23.1 Å². The lowest BCUT2D eigenvalue weighted by Crippen LogP contribution is -2.17. The van der Waals surface area contributed by atoms with E-state index < -0.39 is 5.91 Å². The second kappa shape index (κ2) is 9.23. The second-order valence-corrected chi connectivity index (χ2v) is 8.68. The molecule has 0 radical (unpaired) electrons. The van der Waals surface area contributed by atoms with E-state index in [0.29, 0.717) is 29.5 Å². The summed E-state index contributed by atoms with van der Waals surface area (Å²) in [4.78, 5) is 26.1. The Balaban J connectivity index is 1.43. The Morgan fingerprint density at radius 2 is 1.80 bits per heavy atom. The van der Waals surface area contributed by atoms with Gasteiger partial charge in [0.05, 0.1) is 24.5 Å². The molecule has 3 aromatic rings. The van der Waals surface area contributed by atoms with E-state index in [9.17, 15) is 9.59 Å². The summed E-state index contributed by atoms with van der Waals surface area (Å²) < 4.78 is 11.3. The van der Waals surface area contributed by atoms with Crippen molar-refractivity contribution in [3.05, 3.63) is 60.2 Å². The average molecular weight is 441 g/mol. The van der Waals surface area contributed by atoms with Crippen molar-refractivity contribution in [2.45, 2.75) is 11.3 Å². The third-order valence-electron chi connectivity index (χ3n) is 4.40. The number of rotatable bonds is 6. The number of benzene rings is 2. The van der Waals surface area contributed by atoms with E-state index in [2.05, 4.69) is 5.32 Å². The molecule has 0 saturated carbocycles. The largest absolute Gasteiger partial charge is 0.490 e. The first-order valence-corrected chi connectivity index (χ1v) is 11.2. The lowest BCUT2D eigenvalue weighted by molar-refractivity contribution is -0.113. The number of primary amides is 1. The number of hydrogen-bond acceptors (Lipinski definition) is 6. The Morgan fingerprint density at radius 3 is 2.57 bits per heavy atom. The first-order chi connectivity index (χ1) is 14.6. The molecule has 8 heteroatoms. The van der Waals surface area contributed by atoms with Crippen molar-refractivity contribution in [1.82, 2.24) is 0 Å². The van der Waals surface area contributed by atoms with Crippen LogP contribution in [-0.4, -0.2) is 30.8 Å². The Bertz CT molecular complexity index is 1070. The molecular formula is C22H20N2O4S2. The topological polar surface area (TPSA) is 90.7 Å². The molecule has 0 atom stereocenters. The number of nitrogens with one attached hydrogen (secondary N) is 1. The van der Waals surface area contributed by atoms with Crippen LogP contribution in [0.15, 0.2) is 59.5 Å². The minimum Gasteiger partial charge on any atom is -0.490 e. The highest BCUT2D eigenvalue weighted by Gasteiger charge is 2.17. The zero-order valence-corrected chi connectivity index (χ0v) is 17.7. The molecule has 1 aromatic heterocycles. The molecule has 0 aliphatic carbocycles. The number of carbonyl (C=O) groups excluding carboxylic acids is 2. The van der Waals surface area contributed by atoms with E-state index in [1.165, 1.54) is 23.1 Å². The zero-order valence-electron chi connectivity index (χ0n) is 16.1. The minimum atomic E-state index is -0.570. The van der Waals surface area contributed by atoms with Crippen molar-refractivity contribution in [3.63, 3.8) is 0 Å². The SMILES string of the molecule is NC(=O)c1cc(-c2ccccc2)sc1NC(=O)CSc1ccc2c(c1)OCCCO2. The second-order valence-electron chi connectivity index (χ2n) is 6.58. The smallest absolute Gasteiger partial charge is 0.251 e.